The maximum absolute atomic E-state index is 11.9. The lowest BCUT2D eigenvalue weighted by atomic mass is 10.3. The smallest absolute Gasteiger partial charge is 0.326 e. The first-order valence-corrected chi connectivity index (χ1v) is 7.04. The van der Waals surface area contributed by atoms with E-state index in [0.29, 0.717) is 39.4 Å². The number of carbonyl (C=O) groups excluding carboxylic acids is 1. The van der Waals surface area contributed by atoms with Gasteiger partial charge >= 0.3 is 11.7 Å². The van der Waals surface area contributed by atoms with Crippen molar-refractivity contribution in [2.24, 2.45) is 0 Å². The summed E-state index contributed by atoms with van der Waals surface area (Å²) in [5, 5.41) is 2.84. The predicted molar refractivity (Wildman–Crippen MR) is 78.3 cm³/mol. The van der Waals surface area contributed by atoms with Gasteiger partial charge in [0.15, 0.2) is 0 Å². The Bertz CT molecular complexity index is 685. The number of urea groups is 1. The van der Waals surface area contributed by atoms with E-state index in [1.54, 1.807) is 9.47 Å². The van der Waals surface area contributed by atoms with Crippen LogP contribution in [0, 0.1) is 0 Å². The fraction of sp³-hybridized carbons (Fsp3) is 0.429. The van der Waals surface area contributed by atoms with Crippen LogP contribution in [0.15, 0.2) is 29.1 Å². The van der Waals surface area contributed by atoms with Gasteiger partial charge in [0.2, 0.25) is 0 Å². The number of ether oxygens (including phenoxy) is 1. The molecule has 2 N–H and O–H groups in total. The fourth-order valence-electron chi connectivity index (χ4n) is 2.48. The number of aromatic amines is 1. The molecule has 7 heteroatoms. The number of aromatic nitrogens is 2. The monoisotopic (exact) mass is 290 g/mol. The van der Waals surface area contributed by atoms with E-state index in [9.17, 15) is 9.59 Å². The first-order valence-electron chi connectivity index (χ1n) is 7.04. The van der Waals surface area contributed by atoms with Gasteiger partial charge in [-0.3, -0.25) is 4.57 Å². The second-order valence-corrected chi connectivity index (χ2v) is 4.93. The minimum atomic E-state index is -0.156. The molecule has 1 saturated heterocycles. The lowest BCUT2D eigenvalue weighted by Gasteiger charge is -2.26. The molecule has 7 nitrogen and oxygen atoms in total. The molecule has 1 aromatic carbocycles. The first kappa shape index (κ1) is 13.7. The molecule has 3 rings (SSSR count). The lowest BCUT2D eigenvalue weighted by molar-refractivity contribution is 0.0532. The first-order chi connectivity index (χ1) is 10.3. The van der Waals surface area contributed by atoms with E-state index >= 15 is 0 Å². The zero-order valence-electron chi connectivity index (χ0n) is 11.7. The molecule has 2 aromatic rings. The second kappa shape index (κ2) is 6.01. The normalized spacial score (nSPS) is 15.3. The standard InChI is InChI=1S/C14H18N4O3/c19-13(17-7-9-21-10-8-17)15-5-6-18-12-4-2-1-3-11(12)16-14(18)20/h1-4H,5-10H2,(H,15,19)(H,16,20). The minimum absolute atomic E-state index is 0.105. The van der Waals surface area contributed by atoms with Gasteiger partial charge < -0.3 is 19.9 Å². The molecule has 2 amide bonds. The van der Waals surface area contributed by atoms with Gasteiger partial charge in [-0.2, -0.15) is 0 Å². The number of carbonyl (C=O) groups is 1. The lowest BCUT2D eigenvalue weighted by Crippen LogP contribution is -2.47. The Morgan fingerprint density at radius 1 is 1.29 bits per heavy atom. The summed E-state index contributed by atoms with van der Waals surface area (Å²) in [6, 6.07) is 7.41. The number of hydrogen-bond acceptors (Lipinski definition) is 3. The van der Waals surface area contributed by atoms with E-state index < -0.39 is 0 Å². The summed E-state index contributed by atoms with van der Waals surface area (Å²) < 4.78 is 6.84. The molecular formula is C14H18N4O3. The van der Waals surface area contributed by atoms with Gasteiger partial charge in [-0.1, -0.05) is 12.1 Å². The van der Waals surface area contributed by atoms with E-state index in [1.807, 2.05) is 24.3 Å². The third-order valence-electron chi connectivity index (χ3n) is 3.59. The molecule has 2 heterocycles. The zero-order chi connectivity index (χ0) is 14.7. The second-order valence-electron chi connectivity index (χ2n) is 4.93. The molecule has 1 aromatic heterocycles. The Morgan fingerprint density at radius 2 is 2.05 bits per heavy atom. The number of imidazole rings is 1. The number of nitrogens with one attached hydrogen (secondary N) is 2. The van der Waals surface area contributed by atoms with Crippen LogP contribution in [-0.4, -0.2) is 53.3 Å². The summed E-state index contributed by atoms with van der Waals surface area (Å²) in [5.74, 6) is 0. The van der Waals surface area contributed by atoms with Crippen molar-refractivity contribution in [3.05, 3.63) is 34.7 Å². The Hall–Kier alpha value is -2.28. The average Bonchev–Trinajstić information content (AvgIpc) is 2.84. The number of fused-ring (bicyclic) bond motifs is 1. The van der Waals surface area contributed by atoms with E-state index in [4.69, 9.17) is 4.74 Å². The van der Waals surface area contributed by atoms with Gasteiger partial charge in [-0.25, -0.2) is 9.59 Å². The van der Waals surface area contributed by atoms with Gasteiger partial charge in [-0.15, -0.1) is 0 Å². The van der Waals surface area contributed by atoms with Crippen molar-refractivity contribution in [3.8, 4) is 0 Å². The highest BCUT2D eigenvalue weighted by atomic mass is 16.5. The minimum Gasteiger partial charge on any atom is -0.378 e. The molecule has 0 bridgehead atoms. The van der Waals surface area contributed by atoms with Crippen molar-refractivity contribution >= 4 is 17.1 Å². The van der Waals surface area contributed by atoms with Crippen molar-refractivity contribution < 1.29 is 9.53 Å². The molecule has 112 valence electrons. The Kier molecular flexibility index (Phi) is 3.92. The molecule has 21 heavy (non-hydrogen) atoms. The third-order valence-corrected chi connectivity index (χ3v) is 3.59. The van der Waals surface area contributed by atoms with E-state index in [2.05, 4.69) is 10.3 Å². The van der Waals surface area contributed by atoms with Crippen LogP contribution in [0.3, 0.4) is 0 Å². The van der Waals surface area contributed by atoms with E-state index in [1.165, 1.54) is 0 Å². The van der Waals surface area contributed by atoms with Crippen LogP contribution in [-0.2, 0) is 11.3 Å². The van der Waals surface area contributed by atoms with Crippen molar-refractivity contribution in [3.63, 3.8) is 0 Å². The number of nitrogens with zero attached hydrogens (tertiary/aromatic N) is 2. The number of benzene rings is 1. The summed E-state index contributed by atoms with van der Waals surface area (Å²) in [6.07, 6.45) is 0. The molecule has 1 fully saturated rings. The molecular weight excluding hydrogens is 272 g/mol. The molecule has 0 spiro atoms. The highest BCUT2D eigenvalue weighted by molar-refractivity contribution is 5.75. The highest BCUT2D eigenvalue weighted by Gasteiger charge is 2.16. The van der Waals surface area contributed by atoms with Gasteiger partial charge in [0.05, 0.1) is 24.2 Å². The molecule has 0 radical (unpaired) electrons. The van der Waals surface area contributed by atoms with Crippen molar-refractivity contribution in [1.29, 1.82) is 0 Å². The molecule has 0 saturated carbocycles. The summed E-state index contributed by atoms with van der Waals surface area (Å²) in [4.78, 5) is 28.3. The van der Waals surface area contributed by atoms with Crippen LogP contribution in [0.5, 0.6) is 0 Å². The summed E-state index contributed by atoms with van der Waals surface area (Å²) in [5.41, 5.74) is 1.50. The number of rotatable bonds is 3. The maximum Gasteiger partial charge on any atom is 0.326 e. The SMILES string of the molecule is O=C(NCCn1c(=O)[nH]c2ccccc21)N1CCOCC1. The Balaban J connectivity index is 1.60. The van der Waals surface area contributed by atoms with Crippen molar-refractivity contribution in [2.75, 3.05) is 32.8 Å². The van der Waals surface area contributed by atoms with Crippen LogP contribution in [0.25, 0.3) is 11.0 Å². The van der Waals surface area contributed by atoms with Gasteiger partial charge in [0, 0.05) is 26.2 Å². The van der Waals surface area contributed by atoms with Crippen LogP contribution in [0.1, 0.15) is 0 Å². The number of para-hydroxylation sites is 2. The number of H-pyrrole nitrogens is 1. The molecule has 0 atom stereocenters. The Labute approximate surface area is 121 Å². The zero-order valence-corrected chi connectivity index (χ0v) is 11.7. The van der Waals surface area contributed by atoms with Gasteiger partial charge in [-0.05, 0) is 12.1 Å². The summed E-state index contributed by atoms with van der Waals surface area (Å²) in [6.45, 7) is 3.24. The number of amides is 2. The predicted octanol–water partition coefficient (Wildman–Crippen LogP) is 0.371. The Morgan fingerprint density at radius 3 is 2.86 bits per heavy atom. The van der Waals surface area contributed by atoms with Crippen LogP contribution < -0.4 is 11.0 Å². The number of morpholine rings is 1. The topological polar surface area (TPSA) is 79.4 Å². The van der Waals surface area contributed by atoms with E-state index in [0.717, 1.165) is 11.0 Å². The largest absolute Gasteiger partial charge is 0.378 e. The quantitative estimate of drug-likeness (QED) is 0.857. The molecule has 1 aliphatic rings. The number of hydrogen-bond donors (Lipinski definition) is 2. The van der Waals surface area contributed by atoms with Crippen molar-refractivity contribution in [1.82, 2.24) is 19.8 Å². The van der Waals surface area contributed by atoms with E-state index in [-0.39, 0.29) is 11.7 Å². The van der Waals surface area contributed by atoms with Crippen LogP contribution in [0.2, 0.25) is 0 Å². The fourth-order valence-corrected chi connectivity index (χ4v) is 2.48. The van der Waals surface area contributed by atoms with Gasteiger partial charge in [0.25, 0.3) is 0 Å². The summed E-state index contributed by atoms with van der Waals surface area (Å²) in [7, 11) is 0. The third kappa shape index (κ3) is 2.92. The maximum atomic E-state index is 11.9. The highest BCUT2D eigenvalue weighted by Crippen LogP contribution is 2.08. The molecule has 0 unspecified atom stereocenters. The summed E-state index contributed by atoms with van der Waals surface area (Å²) >= 11 is 0. The molecule has 1 aliphatic heterocycles. The van der Waals surface area contributed by atoms with Crippen LogP contribution in [0.4, 0.5) is 4.79 Å². The van der Waals surface area contributed by atoms with Crippen molar-refractivity contribution in [2.45, 2.75) is 6.54 Å². The molecule has 0 aliphatic carbocycles. The van der Waals surface area contributed by atoms with Crippen LogP contribution >= 0.6 is 0 Å². The average molecular weight is 290 g/mol. The van der Waals surface area contributed by atoms with Gasteiger partial charge in [0.1, 0.15) is 0 Å².